The highest BCUT2D eigenvalue weighted by Crippen LogP contribution is 2.10. The van der Waals surface area contributed by atoms with E-state index in [0.29, 0.717) is 12.8 Å². The summed E-state index contributed by atoms with van der Waals surface area (Å²) in [5, 5.41) is 8.63. The third kappa shape index (κ3) is 4.15. The summed E-state index contributed by atoms with van der Waals surface area (Å²) in [7, 11) is 0. The molecule has 0 aromatic heterocycles. The van der Waals surface area contributed by atoms with E-state index in [0.717, 1.165) is 24.8 Å². The number of carbonyl (C=O) groups excluding carboxylic acids is 1. The Morgan fingerprint density at radius 2 is 1.88 bits per heavy atom. The lowest BCUT2D eigenvalue weighted by Gasteiger charge is -2.02. The molecule has 1 rings (SSSR count). The van der Waals surface area contributed by atoms with E-state index in [2.05, 4.69) is 6.92 Å². The van der Waals surface area contributed by atoms with Gasteiger partial charge in [-0.1, -0.05) is 37.6 Å². The molecular weight excluding hydrogens is 200 g/mol. The Kier molecular flexibility index (Phi) is 5.79. The monoisotopic (exact) mass is 220 g/mol. The minimum Gasteiger partial charge on any atom is -0.396 e. The number of benzene rings is 1. The minimum absolute atomic E-state index is 0.169. The van der Waals surface area contributed by atoms with Crippen molar-refractivity contribution in [3.8, 4) is 0 Å². The van der Waals surface area contributed by atoms with Gasteiger partial charge in [0.1, 0.15) is 0 Å². The molecule has 0 bridgehead atoms. The fourth-order valence-electron chi connectivity index (χ4n) is 1.69. The van der Waals surface area contributed by atoms with Gasteiger partial charge in [0.15, 0.2) is 5.78 Å². The number of ketones is 1. The number of hydrogen-bond donors (Lipinski definition) is 1. The molecule has 2 heteroatoms. The number of unbranched alkanes of at least 4 members (excludes halogenated alkanes) is 1. The van der Waals surface area contributed by atoms with Gasteiger partial charge in [-0.05, 0) is 24.8 Å². The Morgan fingerprint density at radius 3 is 2.44 bits per heavy atom. The Morgan fingerprint density at radius 1 is 1.19 bits per heavy atom. The van der Waals surface area contributed by atoms with Crippen LogP contribution in [0, 0.1) is 0 Å². The molecule has 0 spiro atoms. The van der Waals surface area contributed by atoms with E-state index < -0.39 is 0 Å². The summed E-state index contributed by atoms with van der Waals surface area (Å²) >= 11 is 0. The zero-order chi connectivity index (χ0) is 11.8. The number of carbonyl (C=O) groups is 1. The lowest BCUT2D eigenvalue weighted by Crippen LogP contribution is -1.99. The van der Waals surface area contributed by atoms with Crippen molar-refractivity contribution in [2.75, 3.05) is 6.61 Å². The van der Waals surface area contributed by atoms with Crippen LogP contribution >= 0.6 is 0 Å². The van der Waals surface area contributed by atoms with Crippen LogP contribution in [0.5, 0.6) is 0 Å². The van der Waals surface area contributed by atoms with Gasteiger partial charge in [0.2, 0.25) is 0 Å². The summed E-state index contributed by atoms with van der Waals surface area (Å²) in [6, 6.07) is 7.88. The molecule has 0 radical (unpaired) electrons. The predicted octanol–water partition coefficient (Wildman–Crippen LogP) is 2.98. The van der Waals surface area contributed by atoms with Crippen molar-refractivity contribution in [1.82, 2.24) is 0 Å². The number of aliphatic hydroxyl groups excluding tert-OH is 1. The van der Waals surface area contributed by atoms with Gasteiger partial charge < -0.3 is 5.11 Å². The van der Waals surface area contributed by atoms with E-state index in [4.69, 9.17) is 5.11 Å². The van der Waals surface area contributed by atoms with E-state index in [1.165, 1.54) is 5.56 Å². The molecule has 0 saturated carbocycles. The van der Waals surface area contributed by atoms with E-state index in [1.54, 1.807) is 0 Å². The van der Waals surface area contributed by atoms with Gasteiger partial charge in [-0.25, -0.2) is 0 Å². The summed E-state index contributed by atoms with van der Waals surface area (Å²) in [6.07, 6.45) is 4.21. The first-order chi connectivity index (χ1) is 7.77. The number of aryl methyl sites for hydroxylation is 1. The molecule has 0 aliphatic heterocycles. The quantitative estimate of drug-likeness (QED) is 0.566. The summed E-state index contributed by atoms with van der Waals surface area (Å²) in [4.78, 5) is 11.7. The van der Waals surface area contributed by atoms with Crippen molar-refractivity contribution in [2.45, 2.75) is 39.0 Å². The third-order valence-corrected chi connectivity index (χ3v) is 2.63. The lowest BCUT2D eigenvalue weighted by atomic mass is 10.0. The number of aliphatic hydroxyl groups is 1. The molecule has 0 amide bonds. The van der Waals surface area contributed by atoms with Crippen LogP contribution < -0.4 is 0 Å². The SMILES string of the molecule is CCCc1ccc(C(=O)CCCCO)cc1. The van der Waals surface area contributed by atoms with Gasteiger partial charge in [0.25, 0.3) is 0 Å². The molecular formula is C14H20O2. The highest BCUT2D eigenvalue weighted by atomic mass is 16.2. The lowest BCUT2D eigenvalue weighted by molar-refractivity contribution is 0.0977. The minimum atomic E-state index is 0.169. The zero-order valence-corrected chi connectivity index (χ0v) is 9.91. The molecule has 1 aromatic carbocycles. The highest BCUT2D eigenvalue weighted by Gasteiger charge is 2.04. The second-order valence-corrected chi connectivity index (χ2v) is 4.05. The van der Waals surface area contributed by atoms with Crippen LogP contribution in [0.4, 0.5) is 0 Å². The Balaban J connectivity index is 2.49. The van der Waals surface area contributed by atoms with Crippen LogP contribution in [0.2, 0.25) is 0 Å². The van der Waals surface area contributed by atoms with E-state index in [9.17, 15) is 4.79 Å². The zero-order valence-electron chi connectivity index (χ0n) is 9.91. The normalized spacial score (nSPS) is 10.4. The molecule has 1 aromatic rings. The number of rotatable bonds is 7. The van der Waals surface area contributed by atoms with Gasteiger partial charge in [-0.3, -0.25) is 4.79 Å². The van der Waals surface area contributed by atoms with E-state index in [-0.39, 0.29) is 12.4 Å². The molecule has 0 heterocycles. The van der Waals surface area contributed by atoms with Crippen LogP contribution in [-0.2, 0) is 6.42 Å². The number of Topliss-reactive ketones (excluding diaryl/α,β-unsaturated/α-hetero) is 1. The highest BCUT2D eigenvalue weighted by molar-refractivity contribution is 5.96. The van der Waals surface area contributed by atoms with Gasteiger partial charge >= 0.3 is 0 Å². The molecule has 2 nitrogen and oxygen atoms in total. The van der Waals surface area contributed by atoms with Crippen molar-refractivity contribution in [2.24, 2.45) is 0 Å². The van der Waals surface area contributed by atoms with Crippen LogP contribution in [0.15, 0.2) is 24.3 Å². The van der Waals surface area contributed by atoms with Crippen molar-refractivity contribution < 1.29 is 9.90 Å². The summed E-state index contributed by atoms with van der Waals surface area (Å²) in [5.74, 6) is 0.177. The second kappa shape index (κ2) is 7.18. The molecule has 0 aliphatic carbocycles. The Bertz CT molecular complexity index is 314. The van der Waals surface area contributed by atoms with Crippen LogP contribution in [0.3, 0.4) is 0 Å². The fraction of sp³-hybridized carbons (Fsp3) is 0.500. The first-order valence-corrected chi connectivity index (χ1v) is 6.01. The largest absolute Gasteiger partial charge is 0.396 e. The van der Waals surface area contributed by atoms with Gasteiger partial charge in [0, 0.05) is 18.6 Å². The molecule has 16 heavy (non-hydrogen) atoms. The van der Waals surface area contributed by atoms with Crippen LogP contribution in [0.25, 0.3) is 0 Å². The van der Waals surface area contributed by atoms with Crippen molar-refractivity contribution in [1.29, 1.82) is 0 Å². The molecule has 0 saturated heterocycles. The van der Waals surface area contributed by atoms with Crippen LogP contribution in [-0.4, -0.2) is 17.5 Å². The average molecular weight is 220 g/mol. The molecule has 0 unspecified atom stereocenters. The summed E-state index contributed by atoms with van der Waals surface area (Å²) in [6.45, 7) is 2.32. The molecule has 0 fully saturated rings. The van der Waals surface area contributed by atoms with Crippen LogP contribution in [0.1, 0.15) is 48.5 Å². The van der Waals surface area contributed by atoms with Gasteiger partial charge in [-0.15, -0.1) is 0 Å². The van der Waals surface area contributed by atoms with E-state index >= 15 is 0 Å². The third-order valence-electron chi connectivity index (χ3n) is 2.63. The molecule has 0 aliphatic rings. The fourth-order valence-corrected chi connectivity index (χ4v) is 1.69. The maximum Gasteiger partial charge on any atom is 0.162 e. The summed E-state index contributed by atoms with van der Waals surface area (Å²) < 4.78 is 0. The first kappa shape index (κ1) is 12.9. The number of hydrogen-bond acceptors (Lipinski definition) is 2. The maximum absolute atomic E-state index is 11.7. The Hall–Kier alpha value is -1.15. The first-order valence-electron chi connectivity index (χ1n) is 6.01. The molecule has 1 N–H and O–H groups in total. The van der Waals surface area contributed by atoms with Crippen molar-refractivity contribution >= 4 is 5.78 Å². The summed E-state index contributed by atoms with van der Waals surface area (Å²) in [5.41, 5.74) is 2.08. The predicted molar refractivity (Wildman–Crippen MR) is 65.7 cm³/mol. The van der Waals surface area contributed by atoms with Crippen molar-refractivity contribution in [3.05, 3.63) is 35.4 Å². The van der Waals surface area contributed by atoms with Gasteiger partial charge in [-0.2, -0.15) is 0 Å². The molecule has 88 valence electrons. The smallest absolute Gasteiger partial charge is 0.162 e. The van der Waals surface area contributed by atoms with E-state index in [1.807, 2.05) is 24.3 Å². The Labute approximate surface area is 97.3 Å². The van der Waals surface area contributed by atoms with Crippen molar-refractivity contribution in [3.63, 3.8) is 0 Å². The average Bonchev–Trinajstić information content (AvgIpc) is 2.30. The maximum atomic E-state index is 11.7. The topological polar surface area (TPSA) is 37.3 Å². The van der Waals surface area contributed by atoms with Gasteiger partial charge in [0.05, 0.1) is 0 Å². The standard InChI is InChI=1S/C14H20O2/c1-2-5-12-7-9-13(10-8-12)14(16)6-3-4-11-15/h7-10,15H,2-6,11H2,1H3. The molecule has 0 atom stereocenters. The second-order valence-electron chi connectivity index (χ2n) is 4.05.